The summed E-state index contributed by atoms with van der Waals surface area (Å²) in [4.78, 5) is 0. The summed E-state index contributed by atoms with van der Waals surface area (Å²) in [5.74, 6) is -1.97. The SMILES string of the molecule is Oc1cc(O)c(O)c(C=Cc2cccc(CCc3ccc(Cl)cc3)c2)c1O. The number of hydrogen-bond donors (Lipinski definition) is 4. The molecule has 0 bridgehead atoms. The third-order valence-electron chi connectivity index (χ3n) is 4.28. The van der Waals surface area contributed by atoms with Gasteiger partial charge in [0, 0.05) is 11.1 Å². The van der Waals surface area contributed by atoms with Crippen LogP contribution in [0.15, 0.2) is 54.6 Å². The predicted molar refractivity (Wildman–Crippen MR) is 107 cm³/mol. The molecule has 0 radical (unpaired) electrons. The Labute approximate surface area is 162 Å². The second-order valence-electron chi connectivity index (χ2n) is 6.23. The van der Waals surface area contributed by atoms with Crippen molar-refractivity contribution >= 4 is 23.8 Å². The molecule has 0 aliphatic carbocycles. The van der Waals surface area contributed by atoms with Gasteiger partial charge in [0.1, 0.15) is 0 Å². The first-order chi connectivity index (χ1) is 12.9. The lowest BCUT2D eigenvalue weighted by atomic mass is 10.0. The van der Waals surface area contributed by atoms with E-state index in [4.69, 9.17) is 11.6 Å². The smallest absolute Gasteiger partial charge is 0.168 e. The third-order valence-corrected chi connectivity index (χ3v) is 4.53. The van der Waals surface area contributed by atoms with Crippen LogP contribution in [-0.4, -0.2) is 20.4 Å². The van der Waals surface area contributed by atoms with E-state index in [1.807, 2.05) is 48.5 Å². The molecule has 0 atom stereocenters. The normalized spacial score (nSPS) is 11.1. The first kappa shape index (κ1) is 18.7. The highest BCUT2D eigenvalue weighted by atomic mass is 35.5. The van der Waals surface area contributed by atoms with Crippen LogP contribution in [0.3, 0.4) is 0 Å². The van der Waals surface area contributed by atoms with Gasteiger partial charge in [0.25, 0.3) is 0 Å². The van der Waals surface area contributed by atoms with Gasteiger partial charge in [-0.2, -0.15) is 0 Å². The summed E-state index contributed by atoms with van der Waals surface area (Å²) in [6, 6.07) is 16.5. The first-order valence-corrected chi connectivity index (χ1v) is 8.80. The molecule has 3 aromatic rings. The Morgan fingerprint density at radius 2 is 1.33 bits per heavy atom. The topological polar surface area (TPSA) is 80.9 Å². The van der Waals surface area contributed by atoms with E-state index in [2.05, 4.69) is 0 Å². The monoisotopic (exact) mass is 382 g/mol. The van der Waals surface area contributed by atoms with Gasteiger partial charge in [-0.3, -0.25) is 0 Å². The summed E-state index contributed by atoms with van der Waals surface area (Å²) in [6.07, 6.45) is 4.88. The van der Waals surface area contributed by atoms with Gasteiger partial charge in [0.15, 0.2) is 23.0 Å². The van der Waals surface area contributed by atoms with Gasteiger partial charge >= 0.3 is 0 Å². The molecule has 5 heteroatoms. The fraction of sp³-hybridized carbons (Fsp3) is 0.0909. The number of hydrogen-bond acceptors (Lipinski definition) is 4. The van der Waals surface area contributed by atoms with Crippen molar-refractivity contribution in [1.29, 1.82) is 0 Å². The quantitative estimate of drug-likeness (QED) is 0.280. The molecule has 4 N–H and O–H groups in total. The van der Waals surface area contributed by atoms with Gasteiger partial charge in [0.2, 0.25) is 0 Å². The molecule has 0 fully saturated rings. The molecule has 0 saturated heterocycles. The van der Waals surface area contributed by atoms with E-state index in [9.17, 15) is 20.4 Å². The maximum Gasteiger partial charge on any atom is 0.168 e. The molecule has 27 heavy (non-hydrogen) atoms. The molecule has 0 aromatic heterocycles. The van der Waals surface area contributed by atoms with Crippen molar-refractivity contribution in [3.05, 3.63) is 81.9 Å². The van der Waals surface area contributed by atoms with E-state index >= 15 is 0 Å². The predicted octanol–water partition coefficient (Wildman–Crippen LogP) is 5.12. The Bertz CT molecular complexity index is 952. The van der Waals surface area contributed by atoms with E-state index in [0.717, 1.165) is 35.1 Å². The van der Waals surface area contributed by atoms with Crippen LogP contribution in [0.4, 0.5) is 0 Å². The van der Waals surface area contributed by atoms with Gasteiger partial charge in [0.05, 0.1) is 5.56 Å². The lowest BCUT2D eigenvalue weighted by molar-refractivity contribution is 0.371. The van der Waals surface area contributed by atoms with Crippen LogP contribution in [0.5, 0.6) is 23.0 Å². The van der Waals surface area contributed by atoms with Crippen LogP contribution in [-0.2, 0) is 12.8 Å². The minimum absolute atomic E-state index is 0.0425. The number of rotatable bonds is 5. The number of aryl methyl sites for hydroxylation is 2. The molecule has 0 heterocycles. The molecule has 0 unspecified atom stereocenters. The van der Waals surface area contributed by atoms with E-state index in [1.165, 1.54) is 11.6 Å². The number of aromatic hydroxyl groups is 4. The van der Waals surface area contributed by atoms with Crippen molar-refractivity contribution in [3.63, 3.8) is 0 Å². The van der Waals surface area contributed by atoms with Crippen molar-refractivity contribution in [2.75, 3.05) is 0 Å². The summed E-state index contributed by atoms with van der Waals surface area (Å²) in [5.41, 5.74) is 3.16. The van der Waals surface area contributed by atoms with E-state index in [1.54, 1.807) is 6.08 Å². The number of phenolic OH excluding ortho intramolecular Hbond substituents is 4. The minimum Gasteiger partial charge on any atom is -0.504 e. The van der Waals surface area contributed by atoms with Crippen LogP contribution >= 0.6 is 11.6 Å². The molecule has 0 aliphatic heterocycles. The van der Waals surface area contributed by atoms with Gasteiger partial charge < -0.3 is 20.4 Å². The zero-order valence-electron chi connectivity index (χ0n) is 14.4. The van der Waals surface area contributed by atoms with Crippen molar-refractivity contribution in [2.24, 2.45) is 0 Å². The highest BCUT2D eigenvalue weighted by Crippen LogP contribution is 2.42. The number of halogens is 1. The summed E-state index contributed by atoms with van der Waals surface area (Å²) >= 11 is 5.90. The summed E-state index contributed by atoms with van der Waals surface area (Å²) in [5, 5.41) is 39.6. The Hall–Kier alpha value is -3.11. The van der Waals surface area contributed by atoms with Crippen molar-refractivity contribution in [2.45, 2.75) is 12.8 Å². The molecule has 0 amide bonds. The highest BCUT2D eigenvalue weighted by Gasteiger charge is 2.14. The molecule has 0 saturated carbocycles. The molecule has 0 spiro atoms. The van der Waals surface area contributed by atoms with Crippen molar-refractivity contribution in [1.82, 2.24) is 0 Å². The molecule has 138 valence electrons. The Balaban J connectivity index is 1.76. The molecule has 0 aliphatic rings. The third kappa shape index (κ3) is 4.54. The van der Waals surface area contributed by atoms with Gasteiger partial charge in [-0.05, 0) is 47.7 Å². The maximum absolute atomic E-state index is 9.88. The average molecular weight is 383 g/mol. The lowest BCUT2D eigenvalue weighted by Crippen LogP contribution is -1.91. The van der Waals surface area contributed by atoms with E-state index < -0.39 is 23.0 Å². The van der Waals surface area contributed by atoms with Crippen LogP contribution in [0, 0.1) is 0 Å². The average Bonchev–Trinajstić information content (AvgIpc) is 2.66. The Morgan fingerprint density at radius 1 is 0.704 bits per heavy atom. The summed E-state index contributed by atoms with van der Waals surface area (Å²) < 4.78 is 0. The highest BCUT2D eigenvalue weighted by molar-refractivity contribution is 6.30. The Kier molecular flexibility index (Phi) is 5.57. The van der Waals surface area contributed by atoms with Gasteiger partial charge in [-0.25, -0.2) is 0 Å². The van der Waals surface area contributed by atoms with Crippen LogP contribution in [0.2, 0.25) is 5.02 Å². The second-order valence-corrected chi connectivity index (χ2v) is 6.67. The molecule has 4 nitrogen and oxygen atoms in total. The lowest BCUT2D eigenvalue weighted by Gasteiger charge is -2.07. The fourth-order valence-electron chi connectivity index (χ4n) is 2.78. The first-order valence-electron chi connectivity index (χ1n) is 8.42. The Morgan fingerprint density at radius 3 is 2.00 bits per heavy atom. The van der Waals surface area contributed by atoms with E-state index in [0.29, 0.717) is 0 Å². The molecular formula is C22H19ClO4. The molecule has 3 aromatic carbocycles. The largest absolute Gasteiger partial charge is 0.504 e. The van der Waals surface area contributed by atoms with Crippen LogP contribution < -0.4 is 0 Å². The van der Waals surface area contributed by atoms with Gasteiger partial charge in [-0.15, -0.1) is 0 Å². The molecular weight excluding hydrogens is 364 g/mol. The van der Waals surface area contributed by atoms with Gasteiger partial charge in [-0.1, -0.05) is 54.1 Å². The zero-order valence-corrected chi connectivity index (χ0v) is 15.2. The summed E-state index contributed by atoms with van der Waals surface area (Å²) in [7, 11) is 0. The number of benzene rings is 3. The summed E-state index contributed by atoms with van der Waals surface area (Å²) in [6.45, 7) is 0. The van der Waals surface area contributed by atoms with Crippen LogP contribution in [0.1, 0.15) is 22.3 Å². The maximum atomic E-state index is 9.88. The van der Waals surface area contributed by atoms with E-state index in [-0.39, 0.29) is 5.56 Å². The standard InChI is InChI=1S/C22H19ClO4/c23-17-9-6-14(7-10-17)4-5-15-2-1-3-16(12-15)8-11-18-21(26)19(24)13-20(25)22(18)27/h1-3,6-13,24-27H,4-5H2. The minimum atomic E-state index is -0.498. The van der Waals surface area contributed by atoms with Crippen LogP contribution in [0.25, 0.3) is 12.2 Å². The number of phenols is 4. The fourth-order valence-corrected chi connectivity index (χ4v) is 2.91. The second kappa shape index (κ2) is 8.06. The molecule has 3 rings (SSSR count). The van der Waals surface area contributed by atoms with Crippen molar-refractivity contribution < 1.29 is 20.4 Å². The van der Waals surface area contributed by atoms with Crippen molar-refractivity contribution in [3.8, 4) is 23.0 Å². The zero-order chi connectivity index (χ0) is 19.4.